The van der Waals surface area contributed by atoms with Crippen LogP contribution in [-0.4, -0.2) is 39.7 Å². The fraction of sp³-hybridized carbons (Fsp3) is 0.250. The van der Waals surface area contributed by atoms with Crippen molar-refractivity contribution in [1.29, 1.82) is 0 Å². The van der Waals surface area contributed by atoms with Crippen LogP contribution in [0.4, 0.5) is 0 Å². The van der Waals surface area contributed by atoms with Gasteiger partial charge in [-0.15, -0.1) is 23.7 Å². The molecule has 0 aliphatic carbocycles. The summed E-state index contributed by atoms with van der Waals surface area (Å²) >= 11 is 1.43. The van der Waals surface area contributed by atoms with Crippen molar-refractivity contribution in [3.05, 3.63) is 46.2 Å². The zero-order valence-electron chi connectivity index (χ0n) is 14.1. The molecule has 0 saturated heterocycles. The Morgan fingerprint density at radius 3 is 2.77 bits per heavy atom. The molecule has 1 aromatic carbocycles. The molecule has 8 nitrogen and oxygen atoms in total. The van der Waals surface area contributed by atoms with Crippen LogP contribution in [0.1, 0.15) is 21.3 Å². The van der Waals surface area contributed by atoms with Crippen LogP contribution in [0.25, 0.3) is 11.4 Å². The Morgan fingerprint density at radius 1 is 1.31 bits per heavy atom. The van der Waals surface area contributed by atoms with E-state index in [-0.39, 0.29) is 24.9 Å². The van der Waals surface area contributed by atoms with Gasteiger partial charge in [0.2, 0.25) is 0 Å². The van der Waals surface area contributed by atoms with E-state index in [1.807, 2.05) is 24.3 Å². The Bertz CT molecular complexity index is 849. The first-order valence-electron chi connectivity index (χ1n) is 7.68. The number of benzene rings is 1. The predicted molar refractivity (Wildman–Crippen MR) is 102 cm³/mol. The summed E-state index contributed by atoms with van der Waals surface area (Å²) in [6.07, 6.45) is 0.672. The lowest BCUT2D eigenvalue weighted by Gasteiger charge is -2.00. The first kappa shape index (κ1) is 19.8. The van der Waals surface area contributed by atoms with E-state index in [0.717, 1.165) is 16.3 Å². The summed E-state index contributed by atoms with van der Waals surface area (Å²) in [7, 11) is 1.61. The highest BCUT2D eigenvalue weighted by molar-refractivity contribution is 7.09. The van der Waals surface area contributed by atoms with Gasteiger partial charge in [0.1, 0.15) is 17.3 Å². The van der Waals surface area contributed by atoms with Crippen LogP contribution in [0.3, 0.4) is 0 Å². The maximum Gasteiger partial charge on any atom is 0.271 e. The van der Waals surface area contributed by atoms with Crippen molar-refractivity contribution in [2.75, 3.05) is 13.7 Å². The largest absolute Gasteiger partial charge is 0.497 e. The van der Waals surface area contributed by atoms with Gasteiger partial charge in [-0.2, -0.15) is 5.10 Å². The number of nitrogens with one attached hydrogen (secondary N) is 2. The summed E-state index contributed by atoms with van der Waals surface area (Å²) in [5, 5.41) is 12.3. The molecule has 2 aromatic heterocycles. The number of hydrogen-bond acceptors (Lipinski definition) is 7. The van der Waals surface area contributed by atoms with E-state index < -0.39 is 0 Å². The van der Waals surface area contributed by atoms with Crippen molar-refractivity contribution < 1.29 is 9.53 Å². The third-order valence-electron chi connectivity index (χ3n) is 3.44. The van der Waals surface area contributed by atoms with E-state index in [4.69, 9.17) is 10.5 Å². The summed E-state index contributed by atoms with van der Waals surface area (Å²) in [5.41, 5.74) is 6.74. The van der Waals surface area contributed by atoms with Crippen LogP contribution in [0.5, 0.6) is 5.75 Å². The molecule has 0 saturated carbocycles. The van der Waals surface area contributed by atoms with E-state index in [9.17, 15) is 4.79 Å². The van der Waals surface area contributed by atoms with Gasteiger partial charge in [0.05, 0.1) is 18.7 Å². The molecule has 0 aliphatic rings. The predicted octanol–water partition coefficient (Wildman–Crippen LogP) is 1.79. The maximum absolute atomic E-state index is 12.1. The molecule has 0 atom stereocenters. The van der Waals surface area contributed by atoms with Gasteiger partial charge in [0, 0.05) is 17.4 Å². The molecule has 3 rings (SSSR count). The lowest BCUT2D eigenvalue weighted by molar-refractivity contribution is 0.0945. The Morgan fingerprint density at radius 2 is 2.08 bits per heavy atom. The molecule has 10 heteroatoms. The number of nitrogens with two attached hydrogens (primary N) is 1. The number of aromatic amines is 1. The zero-order chi connectivity index (χ0) is 17.6. The number of nitrogens with zero attached hydrogens (tertiary/aromatic N) is 3. The van der Waals surface area contributed by atoms with E-state index in [2.05, 4.69) is 25.5 Å². The van der Waals surface area contributed by atoms with Crippen molar-refractivity contribution in [3.8, 4) is 17.1 Å². The molecule has 138 valence electrons. The van der Waals surface area contributed by atoms with Crippen LogP contribution in [-0.2, 0) is 13.0 Å². The van der Waals surface area contributed by atoms with Crippen molar-refractivity contribution in [1.82, 2.24) is 25.5 Å². The smallest absolute Gasteiger partial charge is 0.271 e. The lowest BCUT2D eigenvalue weighted by Crippen LogP contribution is -2.23. The van der Waals surface area contributed by atoms with Gasteiger partial charge in [-0.3, -0.25) is 9.89 Å². The van der Waals surface area contributed by atoms with Gasteiger partial charge in [-0.1, -0.05) is 0 Å². The lowest BCUT2D eigenvalue weighted by atomic mass is 10.2. The third kappa shape index (κ3) is 4.78. The van der Waals surface area contributed by atoms with Crippen molar-refractivity contribution in [2.24, 2.45) is 5.73 Å². The number of carbonyl (C=O) groups is 1. The van der Waals surface area contributed by atoms with Crippen LogP contribution < -0.4 is 15.8 Å². The SMILES string of the molecule is COc1ccc(-c2n[nH]c(CNC(=O)c3csc(CCN)n3)n2)cc1.Cl. The summed E-state index contributed by atoms with van der Waals surface area (Å²) in [5.74, 6) is 1.65. The van der Waals surface area contributed by atoms with Gasteiger partial charge in [-0.25, -0.2) is 9.97 Å². The first-order valence-corrected chi connectivity index (χ1v) is 8.56. The number of ether oxygens (including phenoxy) is 1. The molecular weight excluding hydrogens is 376 g/mol. The van der Waals surface area contributed by atoms with Crippen LogP contribution >= 0.6 is 23.7 Å². The summed E-state index contributed by atoms with van der Waals surface area (Å²) in [4.78, 5) is 20.7. The number of aromatic nitrogens is 4. The second-order valence-corrected chi connectivity index (χ2v) is 6.12. The molecule has 26 heavy (non-hydrogen) atoms. The average molecular weight is 395 g/mol. The number of thiazole rings is 1. The summed E-state index contributed by atoms with van der Waals surface area (Å²) in [6, 6.07) is 7.43. The monoisotopic (exact) mass is 394 g/mol. The van der Waals surface area contributed by atoms with E-state index in [1.165, 1.54) is 11.3 Å². The highest BCUT2D eigenvalue weighted by Gasteiger charge is 2.12. The zero-order valence-corrected chi connectivity index (χ0v) is 15.7. The Hall–Kier alpha value is -2.49. The van der Waals surface area contributed by atoms with Crippen LogP contribution in [0.15, 0.2) is 29.6 Å². The standard InChI is InChI=1S/C16H18N6O2S.ClH/c1-24-11-4-2-10(3-5-11)15-20-13(21-22-15)8-18-16(23)12-9-25-14(19-12)6-7-17;/h2-5,9H,6-8,17H2,1H3,(H,18,23)(H,20,21,22);1H. The Kier molecular flexibility index (Phi) is 7.07. The fourth-order valence-corrected chi connectivity index (χ4v) is 2.95. The molecule has 0 spiro atoms. The molecule has 0 radical (unpaired) electrons. The van der Waals surface area contributed by atoms with Gasteiger partial charge in [0.15, 0.2) is 5.82 Å². The molecule has 0 aliphatic heterocycles. The van der Waals surface area contributed by atoms with Gasteiger partial charge in [-0.05, 0) is 30.8 Å². The van der Waals surface area contributed by atoms with Crippen molar-refractivity contribution >= 4 is 29.7 Å². The Labute approximate surface area is 160 Å². The van der Waals surface area contributed by atoms with Gasteiger partial charge < -0.3 is 15.8 Å². The van der Waals surface area contributed by atoms with E-state index >= 15 is 0 Å². The second-order valence-electron chi connectivity index (χ2n) is 5.18. The fourth-order valence-electron chi connectivity index (χ4n) is 2.15. The highest BCUT2D eigenvalue weighted by Crippen LogP contribution is 2.19. The summed E-state index contributed by atoms with van der Waals surface area (Å²) in [6.45, 7) is 0.756. The number of carbonyl (C=O) groups excluding carboxylic acids is 1. The minimum absolute atomic E-state index is 0. The van der Waals surface area contributed by atoms with Gasteiger partial charge in [0.25, 0.3) is 5.91 Å². The third-order valence-corrected chi connectivity index (χ3v) is 4.35. The molecule has 1 amide bonds. The van der Waals surface area contributed by atoms with Crippen molar-refractivity contribution in [2.45, 2.75) is 13.0 Å². The minimum Gasteiger partial charge on any atom is -0.497 e. The molecule has 0 bridgehead atoms. The van der Waals surface area contributed by atoms with Gasteiger partial charge >= 0.3 is 0 Å². The minimum atomic E-state index is -0.248. The van der Waals surface area contributed by atoms with E-state index in [1.54, 1.807) is 12.5 Å². The Balaban J connectivity index is 0.00000243. The number of methoxy groups -OCH3 is 1. The van der Waals surface area contributed by atoms with Crippen LogP contribution in [0.2, 0.25) is 0 Å². The average Bonchev–Trinajstić information content (AvgIpc) is 3.30. The normalized spacial score (nSPS) is 10.2. The van der Waals surface area contributed by atoms with E-state index in [0.29, 0.717) is 30.3 Å². The molecule has 2 heterocycles. The maximum atomic E-state index is 12.1. The number of hydrogen-bond donors (Lipinski definition) is 3. The number of H-pyrrole nitrogens is 1. The van der Waals surface area contributed by atoms with Crippen LogP contribution in [0, 0.1) is 0 Å². The molecular formula is C16H19ClN6O2S. The van der Waals surface area contributed by atoms with Crippen molar-refractivity contribution in [3.63, 3.8) is 0 Å². The quantitative estimate of drug-likeness (QED) is 0.562. The highest BCUT2D eigenvalue weighted by atomic mass is 35.5. The number of rotatable bonds is 7. The molecule has 4 N–H and O–H groups in total. The second kappa shape index (κ2) is 9.27. The summed E-state index contributed by atoms with van der Waals surface area (Å²) < 4.78 is 5.13. The number of amides is 1. The topological polar surface area (TPSA) is 119 Å². The number of halogens is 1. The first-order chi connectivity index (χ1) is 12.2. The molecule has 0 unspecified atom stereocenters. The molecule has 0 fully saturated rings. The molecule has 3 aromatic rings.